The molecule has 0 aliphatic carbocycles. The highest BCUT2D eigenvalue weighted by molar-refractivity contribution is 5.97. The smallest absolute Gasteiger partial charge is 0.254 e. The molecule has 128 valence electrons. The number of aliphatic hydroxyl groups is 1. The minimum absolute atomic E-state index is 0.0128. The predicted octanol–water partition coefficient (Wildman–Crippen LogP) is 2.35. The predicted molar refractivity (Wildman–Crippen MR) is 93.4 cm³/mol. The summed E-state index contributed by atoms with van der Waals surface area (Å²) < 4.78 is 5.94. The average molecular weight is 337 g/mol. The molecule has 4 rings (SSSR count). The number of aromatic nitrogens is 2. The largest absolute Gasteiger partial charge is 0.489 e. The number of imidazole rings is 1. The SMILES string of the molecule is O=C(c1ccc2nc(CO)[nH]c2c1)N1CC[C@H](Oc2ccccc2)C1. The first-order valence-corrected chi connectivity index (χ1v) is 8.33. The van der Waals surface area contributed by atoms with Crippen LogP contribution >= 0.6 is 0 Å². The highest BCUT2D eigenvalue weighted by Gasteiger charge is 2.28. The normalized spacial score (nSPS) is 17.2. The van der Waals surface area contributed by atoms with Crippen LogP contribution in [0.15, 0.2) is 48.5 Å². The molecule has 6 nitrogen and oxygen atoms in total. The number of hydrogen-bond donors (Lipinski definition) is 2. The maximum Gasteiger partial charge on any atom is 0.254 e. The van der Waals surface area contributed by atoms with E-state index in [0.29, 0.717) is 24.5 Å². The quantitative estimate of drug-likeness (QED) is 0.766. The maximum absolute atomic E-state index is 12.8. The number of fused-ring (bicyclic) bond motifs is 1. The lowest BCUT2D eigenvalue weighted by molar-refractivity contribution is 0.0772. The summed E-state index contributed by atoms with van der Waals surface area (Å²) in [6.07, 6.45) is 0.838. The van der Waals surface area contributed by atoms with E-state index in [4.69, 9.17) is 9.84 Å². The Morgan fingerprint density at radius 2 is 2.12 bits per heavy atom. The molecule has 1 atom stereocenters. The van der Waals surface area contributed by atoms with Crippen molar-refractivity contribution in [3.05, 3.63) is 59.9 Å². The van der Waals surface area contributed by atoms with Crippen molar-refractivity contribution >= 4 is 16.9 Å². The van der Waals surface area contributed by atoms with Crippen molar-refractivity contribution in [1.82, 2.24) is 14.9 Å². The summed E-state index contributed by atoms with van der Waals surface area (Å²) in [5.74, 6) is 1.32. The van der Waals surface area contributed by atoms with E-state index in [1.807, 2.05) is 35.2 Å². The molecule has 0 saturated carbocycles. The summed E-state index contributed by atoms with van der Waals surface area (Å²) in [7, 11) is 0. The van der Waals surface area contributed by atoms with Crippen LogP contribution in [-0.2, 0) is 6.61 Å². The van der Waals surface area contributed by atoms with E-state index >= 15 is 0 Å². The summed E-state index contributed by atoms with van der Waals surface area (Å²) in [5, 5.41) is 9.16. The Kier molecular flexibility index (Phi) is 4.11. The van der Waals surface area contributed by atoms with Gasteiger partial charge in [0.05, 0.1) is 17.6 Å². The number of carbonyl (C=O) groups is 1. The van der Waals surface area contributed by atoms with Crippen LogP contribution < -0.4 is 4.74 Å². The molecular formula is C19H19N3O3. The summed E-state index contributed by atoms with van der Waals surface area (Å²) in [4.78, 5) is 21.8. The van der Waals surface area contributed by atoms with E-state index in [9.17, 15) is 4.79 Å². The van der Waals surface area contributed by atoms with Gasteiger partial charge in [0.15, 0.2) is 0 Å². The molecule has 1 saturated heterocycles. The van der Waals surface area contributed by atoms with Gasteiger partial charge in [-0.3, -0.25) is 4.79 Å². The van der Waals surface area contributed by atoms with E-state index in [1.165, 1.54) is 0 Å². The topological polar surface area (TPSA) is 78.4 Å². The molecule has 1 aliphatic heterocycles. The second kappa shape index (κ2) is 6.57. The van der Waals surface area contributed by atoms with Crippen molar-refractivity contribution in [1.29, 1.82) is 0 Å². The van der Waals surface area contributed by atoms with Crippen LogP contribution in [0.5, 0.6) is 5.75 Å². The zero-order chi connectivity index (χ0) is 17.2. The zero-order valence-corrected chi connectivity index (χ0v) is 13.7. The number of benzene rings is 2. The van der Waals surface area contributed by atoms with Gasteiger partial charge in [-0.15, -0.1) is 0 Å². The molecule has 2 N–H and O–H groups in total. The van der Waals surface area contributed by atoms with Gasteiger partial charge in [0.25, 0.3) is 5.91 Å². The second-order valence-electron chi connectivity index (χ2n) is 6.17. The average Bonchev–Trinajstić information content (AvgIpc) is 3.27. The fraction of sp³-hybridized carbons (Fsp3) is 0.263. The van der Waals surface area contributed by atoms with Gasteiger partial charge in [-0.2, -0.15) is 0 Å². The van der Waals surface area contributed by atoms with Gasteiger partial charge in [0.1, 0.15) is 24.3 Å². The minimum atomic E-state index is -0.150. The van der Waals surface area contributed by atoms with Gasteiger partial charge in [-0.1, -0.05) is 18.2 Å². The Morgan fingerprint density at radius 3 is 2.92 bits per heavy atom. The summed E-state index contributed by atoms with van der Waals surface area (Å²) in [6.45, 7) is 1.11. The van der Waals surface area contributed by atoms with Crippen LogP contribution in [0.2, 0.25) is 0 Å². The van der Waals surface area contributed by atoms with Crippen LogP contribution in [0.25, 0.3) is 11.0 Å². The number of aromatic amines is 1. The van der Waals surface area contributed by atoms with Crippen molar-refractivity contribution in [2.45, 2.75) is 19.1 Å². The summed E-state index contributed by atoms with van der Waals surface area (Å²) >= 11 is 0. The molecule has 3 aromatic rings. The highest BCUT2D eigenvalue weighted by atomic mass is 16.5. The van der Waals surface area contributed by atoms with Crippen LogP contribution in [0.1, 0.15) is 22.6 Å². The first kappa shape index (κ1) is 15.7. The van der Waals surface area contributed by atoms with Gasteiger partial charge >= 0.3 is 0 Å². The molecule has 1 aliphatic rings. The third-order valence-electron chi connectivity index (χ3n) is 4.41. The zero-order valence-electron chi connectivity index (χ0n) is 13.7. The minimum Gasteiger partial charge on any atom is -0.489 e. The molecule has 1 amide bonds. The van der Waals surface area contributed by atoms with E-state index in [-0.39, 0.29) is 18.6 Å². The van der Waals surface area contributed by atoms with Gasteiger partial charge in [-0.25, -0.2) is 4.98 Å². The fourth-order valence-corrected chi connectivity index (χ4v) is 3.15. The van der Waals surface area contributed by atoms with Gasteiger partial charge in [0, 0.05) is 18.5 Å². The monoisotopic (exact) mass is 337 g/mol. The number of likely N-dealkylation sites (tertiary alicyclic amines) is 1. The third kappa shape index (κ3) is 3.21. The number of nitrogens with zero attached hydrogens (tertiary/aromatic N) is 2. The van der Waals surface area contributed by atoms with Crippen molar-refractivity contribution in [3.8, 4) is 5.75 Å². The highest BCUT2D eigenvalue weighted by Crippen LogP contribution is 2.21. The lowest BCUT2D eigenvalue weighted by Gasteiger charge is -2.17. The number of hydrogen-bond acceptors (Lipinski definition) is 4. The maximum atomic E-state index is 12.8. The number of carbonyl (C=O) groups excluding carboxylic acids is 1. The third-order valence-corrected chi connectivity index (χ3v) is 4.41. The lowest BCUT2D eigenvalue weighted by atomic mass is 10.2. The van der Waals surface area contributed by atoms with Crippen molar-refractivity contribution in [2.75, 3.05) is 13.1 Å². The van der Waals surface area contributed by atoms with E-state index < -0.39 is 0 Å². The molecule has 0 unspecified atom stereocenters. The molecule has 0 radical (unpaired) electrons. The number of ether oxygens (including phenoxy) is 1. The molecular weight excluding hydrogens is 318 g/mol. The number of H-pyrrole nitrogens is 1. The van der Waals surface area contributed by atoms with Gasteiger partial charge in [0.2, 0.25) is 0 Å². The fourth-order valence-electron chi connectivity index (χ4n) is 3.15. The Labute approximate surface area is 145 Å². The summed E-state index contributed by atoms with van der Waals surface area (Å²) in [6, 6.07) is 15.0. The molecule has 1 fully saturated rings. The van der Waals surface area contributed by atoms with Crippen molar-refractivity contribution in [2.24, 2.45) is 0 Å². The number of nitrogens with one attached hydrogen (secondary N) is 1. The first-order valence-electron chi connectivity index (χ1n) is 8.33. The Hall–Kier alpha value is -2.86. The molecule has 2 heterocycles. The van der Waals surface area contributed by atoms with E-state index in [0.717, 1.165) is 23.2 Å². The molecule has 1 aromatic heterocycles. The van der Waals surface area contributed by atoms with Crippen LogP contribution in [0.4, 0.5) is 0 Å². The van der Waals surface area contributed by atoms with Crippen LogP contribution in [-0.4, -0.2) is 45.1 Å². The van der Waals surface area contributed by atoms with Crippen molar-refractivity contribution in [3.63, 3.8) is 0 Å². The Balaban J connectivity index is 1.46. The molecule has 0 spiro atoms. The molecule has 2 aromatic carbocycles. The van der Waals surface area contributed by atoms with Crippen LogP contribution in [0, 0.1) is 0 Å². The number of para-hydroxylation sites is 1. The Morgan fingerprint density at radius 1 is 1.28 bits per heavy atom. The van der Waals surface area contributed by atoms with E-state index in [2.05, 4.69) is 9.97 Å². The standard InChI is InChI=1S/C19H19N3O3/c23-12-18-20-16-7-6-13(10-17(16)21-18)19(24)22-9-8-15(11-22)25-14-4-2-1-3-5-14/h1-7,10,15,23H,8-9,11-12H2,(H,20,21)/t15-/m0/s1. The number of rotatable bonds is 4. The van der Waals surface area contributed by atoms with Gasteiger partial charge in [-0.05, 0) is 30.3 Å². The number of amides is 1. The molecule has 25 heavy (non-hydrogen) atoms. The number of aliphatic hydroxyl groups excluding tert-OH is 1. The van der Waals surface area contributed by atoms with Crippen LogP contribution in [0.3, 0.4) is 0 Å². The second-order valence-corrected chi connectivity index (χ2v) is 6.17. The first-order chi connectivity index (χ1) is 12.2. The van der Waals surface area contributed by atoms with Crippen molar-refractivity contribution < 1.29 is 14.6 Å². The summed E-state index contributed by atoms with van der Waals surface area (Å²) in [5.41, 5.74) is 2.11. The molecule has 6 heteroatoms. The Bertz CT molecular complexity index is 891. The van der Waals surface area contributed by atoms with Gasteiger partial charge < -0.3 is 19.7 Å². The lowest BCUT2D eigenvalue weighted by Crippen LogP contribution is -2.30. The van der Waals surface area contributed by atoms with E-state index in [1.54, 1.807) is 18.2 Å². The molecule has 0 bridgehead atoms.